The molecule has 2 aromatic rings. The summed E-state index contributed by atoms with van der Waals surface area (Å²) in [6, 6.07) is 16.6. The largest absolute Gasteiger partial charge is 0.348 e. The number of carbonyl (C=O) groups is 1. The van der Waals surface area contributed by atoms with E-state index in [1.165, 1.54) is 5.56 Å². The molecule has 1 N–H and O–H groups in total. The molecule has 2 rings (SSSR count). The van der Waals surface area contributed by atoms with Crippen molar-refractivity contribution in [1.29, 1.82) is 0 Å². The van der Waals surface area contributed by atoms with Gasteiger partial charge in [-0.25, -0.2) is 0 Å². The van der Waals surface area contributed by atoms with Gasteiger partial charge in [-0.1, -0.05) is 64.1 Å². The van der Waals surface area contributed by atoms with Gasteiger partial charge in [0.2, 0.25) is 0 Å². The van der Waals surface area contributed by atoms with Gasteiger partial charge in [-0.15, -0.1) is 0 Å². The van der Waals surface area contributed by atoms with Gasteiger partial charge >= 0.3 is 0 Å². The van der Waals surface area contributed by atoms with Crippen molar-refractivity contribution in [2.75, 3.05) is 20.6 Å². The van der Waals surface area contributed by atoms with Crippen molar-refractivity contribution in [3.63, 3.8) is 0 Å². The van der Waals surface area contributed by atoms with Crippen LogP contribution in [0.15, 0.2) is 48.5 Å². The van der Waals surface area contributed by atoms with E-state index in [1.54, 1.807) is 0 Å². The van der Waals surface area contributed by atoms with Gasteiger partial charge in [0.05, 0.1) is 0 Å². The van der Waals surface area contributed by atoms with Crippen LogP contribution >= 0.6 is 0 Å². The average molecular weight is 367 g/mol. The van der Waals surface area contributed by atoms with Crippen LogP contribution in [-0.2, 0) is 6.42 Å². The lowest BCUT2D eigenvalue weighted by Crippen LogP contribution is -2.43. The zero-order valence-corrected chi connectivity index (χ0v) is 17.7. The topological polar surface area (TPSA) is 32.3 Å². The number of nitrogens with one attached hydrogen (secondary N) is 1. The molecule has 1 unspecified atom stereocenters. The molecule has 1 amide bonds. The van der Waals surface area contributed by atoms with Gasteiger partial charge in [-0.2, -0.15) is 0 Å². The molecular formula is C24H34N2O. The first-order valence-corrected chi connectivity index (χ1v) is 9.83. The Hall–Kier alpha value is -2.13. The molecule has 146 valence electrons. The lowest BCUT2D eigenvalue weighted by molar-refractivity contribution is 0.0917. The lowest BCUT2D eigenvalue weighted by Gasteiger charge is -2.29. The monoisotopic (exact) mass is 366 g/mol. The van der Waals surface area contributed by atoms with E-state index in [0.717, 1.165) is 30.5 Å². The van der Waals surface area contributed by atoms with Crippen LogP contribution in [0, 0.1) is 5.41 Å². The summed E-state index contributed by atoms with van der Waals surface area (Å²) in [5.74, 6) is -0.000374. The minimum Gasteiger partial charge on any atom is -0.348 e. The van der Waals surface area contributed by atoms with E-state index in [-0.39, 0.29) is 17.4 Å². The number of hydrogen-bond donors (Lipinski definition) is 1. The van der Waals surface area contributed by atoms with Crippen molar-refractivity contribution in [2.45, 2.75) is 46.6 Å². The molecule has 2 aromatic carbocycles. The van der Waals surface area contributed by atoms with Crippen LogP contribution in [0.2, 0.25) is 0 Å². The highest BCUT2D eigenvalue weighted by Crippen LogP contribution is 2.23. The highest BCUT2D eigenvalue weighted by Gasteiger charge is 2.21. The van der Waals surface area contributed by atoms with Gasteiger partial charge in [0.25, 0.3) is 5.91 Å². The van der Waals surface area contributed by atoms with E-state index in [0.29, 0.717) is 5.56 Å². The van der Waals surface area contributed by atoms with Crippen LogP contribution in [0.3, 0.4) is 0 Å². The van der Waals surface area contributed by atoms with E-state index in [4.69, 9.17) is 0 Å². The molecule has 1 atom stereocenters. The third-order valence-electron chi connectivity index (χ3n) is 4.57. The SMILES string of the molecule is CCc1cccc(-c2cccc(C(=O)NC(CN(C)C)CC(C)(C)C)c2)c1. The third-order valence-corrected chi connectivity index (χ3v) is 4.57. The van der Waals surface area contributed by atoms with Gasteiger partial charge in [-0.3, -0.25) is 4.79 Å². The van der Waals surface area contributed by atoms with Crippen molar-refractivity contribution < 1.29 is 4.79 Å². The Morgan fingerprint density at radius 2 is 1.67 bits per heavy atom. The molecular weight excluding hydrogens is 332 g/mol. The van der Waals surface area contributed by atoms with Gasteiger partial charge in [-0.05, 0) is 61.2 Å². The highest BCUT2D eigenvalue weighted by atomic mass is 16.1. The third kappa shape index (κ3) is 6.84. The Morgan fingerprint density at radius 1 is 1.04 bits per heavy atom. The minimum absolute atomic E-state index is 0.000374. The van der Waals surface area contributed by atoms with E-state index in [9.17, 15) is 4.79 Å². The number of rotatable bonds is 7. The Kier molecular flexibility index (Phi) is 7.20. The van der Waals surface area contributed by atoms with Crippen molar-refractivity contribution in [3.8, 4) is 11.1 Å². The molecule has 0 aliphatic carbocycles. The Balaban J connectivity index is 2.20. The summed E-state index contributed by atoms with van der Waals surface area (Å²) >= 11 is 0. The maximum absolute atomic E-state index is 12.9. The van der Waals surface area contributed by atoms with Gasteiger partial charge < -0.3 is 10.2 Å². The fourth-order valence-electron chi connectivity index (χ4n) is 3.42. The molecule has 27 heavy (non-hydrogen) atoms. The second-order valence-electron chi connectivity index (χ2n) is 8.83. The summed E-state index contributed by atoms with van der Waals surface area (Å²) in [4.78, 5) is 15.0. The lowest BCUT2D eigenvalue weighted by atomic mass is 9.87. The Bertz CT molecular complexity index is 759. The normalized spacial score (nSPS) is 12.9. The van der Waals surface area contributed by atoms with Crippen LogP contribution in [0.25, 0.3) is 11.1 Å². The number of hydrogen-bond acceptors (Lipinski definition) is 2. The molecule has 0 aliphatic rings. The molecule has 0 radical (unpaired) electrons. The van der Waals surface area contributed by atoms with Crippen molar-refractivity contribution >= 4 is 5.91 Å². The molecule has 0 heterocycles. The molecule has 3 heteroatoms. The molecule has 3 nitrogen and oxygen atoms in total. The Morgan fingerprint density at radius 3 is 2.26 bits per heavy atom. The number of carbonyl (C=O) groups excluding carboxylic acids is 1. The highest BCUT2D eigenvalue weighted by molar-refractivity contribution is 5.95. The van der Waals surface area contributed by atoms with E-state index in [2.05, 4.69) is 68.2 Å². The Labute approximate surface area is 164 Å². The van der Waals surface area contributed by atoms with E-state index in [1.807, 2.05) is 32.3 Å². The number of aryl methyl sites for hydroxylation is 1. The number of likely N-dealkylation sites (N-methyl/N-ethyl adjacent to an activating group) is 1. The fraction of sp³-hybridized carbons (Fsp3) is 0.458. The van der Waals surface area contributed by atoms with Gasteiger partial charge in [0.1, 0.15) is 0 Å². The second-order valence-corrected chi connectivity index (χ2v) is 8.83. The minimum atomic E-state index is -0.000374. The quantitative estimate of drug-likeness (QED) is 0.747. The molecule has 0 spiro atoms. The predicted octanol–water partition coefficient (Wildman–Crippen LogP) is 5.01. The van der Waals surface area contributed by atoms with Crippen LogP contribution in [-0.4, -0.2) is 37.5 Å². The smallest absolute Gasteiger partial charge is 0.251 e. The molecule has 0 saturated carbocycles. The summed E-state index contributed by atoms with van der Waals surface area (Å²) in [5.41, 5.74) is 4.42. The summed E-state index contributed by atoms with van der Waals surface area (Å²) < 4.78 is 0. The zero-order chi connectivity index (χ0) is 20.0. The fourth-order valence-corrected chi connectivity index (χ4v) is 3.42. The average Bonchev–Trinajstić information content (AvgIpc) is 2.60. The number of nitrogens with zero attached hydrogens (tertiary/aromatic N) is 1. The molecule has 0 aliphatic heterocycles. The van der Waals surface area contributed by atoms with E-state index < -0.39 is 0 Å². The first kappa shape index (κ1) is 21.2. The standard InChI is InChI=1S/C24H34N2O/c1-7-18-10-8-11-19(14-18)20-12-9-13-21(15-20)23(27)25-22(17-26(5)6)16-24(2,3)4/h8-15,22H,7,16-17H2,1-6H3,(H,25,27). The zero-order valence-electron chi connectivity index (χ0n) is 17.7. The van der Waals surface area contributed by atoms with E-state index >= 15 is 0 Å². The number of benzene rings is 2. The van der Waals surface area contributed by atoms with Crippen LogP contribution in [0.1, 0.15) is 50.0 Å². The van der Waals surface area contributed by atoms with Crippen molar-refractivity contribution in [1.82, 2.24) is 10.2 Å². The number of amides is 1. The van der Waals surface area contributed by atoms with Gasteiger partial charge in [0, 0.05) is 18.2 Å². The summed E-state index contributed by atoms with van der Waals surface area (Å²) in [5, 5.41) is 3.24. The second kappa shape index (κ2) is 9.18. The summed E-state index contributed by atoms with van der Waals surface area (Å²) in [6.45, 7) is 9.62. The molecule has 0 fully saturated rings. The molecule has 0 bridgehead atoms. The molecule has 0 saturated heterocycles. The van der Waals surface area contributed by atoms with Crippen LogP contribution in [0.4, 0.5) is 0 Å². The predicted molar refractivity (Wildman–Crippen MR) is 115 cm³/mol. The first-order chi connectivity index (χ1) is 12.7. The summed E-state index contributed by atoms with van der Waals surface area (Å²) in [6.07, 6.45) is 1.95. The van der Waals surface area contributed by atoms with Crippen LogP contribution in [0.5, 0.6) is 0 Å². The van der Waals surface area contributed by atoms with Crippen molar-refractivity contribution in [3.05, 3.63) is 59.7 Å². The van der Waals surface area contributed by atoms with Crippen LogP contribution < -0.4 is 5.32 Å². The molecule has 0 aromatic heterocycles. The first-order valence-electron chi connectivity index (χ1n) is 9.83. The van der Waals surface area contributed by atoms with Crippen molar-refractivity contribution in [2.24, 2.45) is 5.41 Å². The maximum atomic E-state index is 12.9. The van der Waals surface area contributed by atoms with Gasteiger partial charge in [0.15, 0.2) is 0 Å². The maximum Gasteiger partial charge on any atom is 0.251 e. The summed E-state index contributed by atoms with van der Waals surface area (Å²) in [7, 11) is 4.09.